The molecule has 9 heteroatoms. The third-order valence-electron chi connectivity index (χ3n) is 12.6. The highest BCUT2D eigenvalue weighted by Crippen LogP contribution is 2.23. The summed E-state index contributed by atoms with van der Waals surface area (Å²) in [4.78, 5) is 12.9. The van der Waals surface area contributed by atoms with Crippen LogP contribution in [0.5, 0.6) is 0 Å². The quantitative estimate of drug-likeness (QED) is 0.0267. The first kappa shape index (κ1) is 68.3. The molecular formula is C65H106O9. The lowest BCUT2D eigenvalue weighted by atomic mass is 9.99. The topological polar surface area (TPSA) is 135 Å². The minimum Gasteiger partial charge on any atom is -0.457 e. The van der Waals surface area contributed by atoms with E-state index >= 15 is 0 Å². The summed E-state index contributed by atoms with van der Waals surface area (Å²) in [7, 11) is 0. The highest BCUT2D eigenvalue weighted by Gasteiger charge is 2.44. The Morgan fingerprint density at radius 3 is 1.18 bits per heavy atom. The van der Waals surface area contributed by atoms with E-state index in [1.165, 1.54) is 64.2 Å². The number of carbonyl (C=O) groups is 1. The Hall–Kier alpha value is -3.67. The van der Waals surface area contributed by atoms with Gasteiger partial charge in [0.2, 0.25) is 0 Å². The second-order valence-corrected chi connectivity index (χ2v) is 19.3. The van der Waals surface area contributed by atoms with Gasteiger partial charge in [0.25, 0.3) is 0 Å². The van der Waals surface area contributed by atoms with Gasteiger partial charge in [-0.25, -0.2) is 0 Å². The van der Waals surface area contributed by atoms with Crippen LogP contribution in [0.1, 0.15) is 206 Å². The molecule has 1 heterocycles. The number of aliphatic hydroxyl groups excluding tert-OH is 4. The summed E-state index contributed by atoms with van der Waals surface area (Å²) in [6, 6.07) is 0. The number of aliphatic hydroxyl groups is 4. The molecule has 74 heavy (non-hydrogen) atoms. The van der Waals surface area contributed by atoms with Crippen LogP contribution in [-0.2, 0) is 23.7 Å². The number of ether oxygens (including phenoxy) is 4. The van der Waals surface area contributed by atoms with Crippen molar-refractivity contribution in [2.45, 2.75) is 243 Å². The van der Waals surface area contributed by atoms with Gasteiger partial charge in [0.05, 0.1) is 19.8 Å². The van der Waals surface area contributed by atoms with E-state index in [2.05, 4.69) is 148 Å². The molecule has 9 nitrogen and oxygen atoms in total. The van der Waals surface area contributed by atoms with Gasteiger partial charge in [0.1, 0.15) is 30.5 Å². The van der Waals surface area contributed by atoms with Gasteiger partial charge in [-0.05, 0) is 109 Å². The molecule has 1 rings (SSSR count). The van der Waals surface area contributed by atoms with Crippen molar-refractivity contribution in [3.63, 3.8) is 0 Å². The third-order valence-corrected chi connectivity index (χ3v) is 12.6. The number of carbonyl (C=O) groups excluding carboxylic acids is 1. The molecule has 1 aliphatic heterocycles. The van der Waals surface area contributed by atoms with Crippen LogP contribution in [0.4, 0.5) is 0 Å². The van der Waals surface area contributed by atoms with E-state index in [4.69, 9.17) is 18.9 Å². The molecule has 6 unspecified atom stereocenters. The Kier molecular flexibility index (Phi) is 50.0. The molecule has 0 saturated carbocycles. The van der Waals surface area contributed by atoms with Crippen LogP contribution in [0, 0.1) is 0 Å². The molecule has 1 saturated heterocycles. The molecular weight excluding hydrogens is 925 g/mol. The normalized spacial score (nSPS) is 19.6. The van der Waals surface area contributed by atoms with Crippen molar-refractivity contribution >= 4 is 5.97 Å². The van der Waals surface area contributed by atoms with E-state index in [1.54, 1.807) is 0 Å². The minimum atomic E-state index is -1.55. The van der Waals surface area contributed by atoms with Gasteiger partial charge in [0, 0.05) is 13.0 Å². The fourth-order valence-corrected chi connectivity index (χ4v) is 8.11. The molecule has 1 aliphatic rings. The Labute approximate surface area is 451 Å². The lowest BCUT2D eigenvalue weighted by Crippen LogP contribution is -2.59. The molecule has 0 aromatic carbocycles. The average molecular weight is 1030 g/mol. The maximum atomic E-state index is 12.9. The highest BCUT2D eigenvalue weighted by molar-refractivity contribution is 5.69. The van der Waals surface area contributed by atoms with Crippen molar-refractivity contribution in [1.82, 2.24) is 0 Å². The van der Waals surface area contributed by atoms with Crippen LogP contribution >= 0.6 is 0 Å². The summed E-state index contributed by atoms with van der Waals surface area (Å²) in [6.45, 7) is 4.26. The van der Waals surface area contributed by atoms with Gasteiger partial charge in [0.15, 0.2) is 6.29 Å². The van der Waals surface area contributed by atoms with Crippen LogP contribution < -0.4 is 0 Å². The second kappa shape index (κ2) is 54.1. The fourth-order valence-electron chi connectivity index (χ4n) is 8.11. The fraction of sp³-hybridized carbons (Fsp3) is 0.646. The monoisotopic (exact) mass is 1030 g/mol. The molecule has 0 aliphatic carbocycles. The van der Waals surface area contributed by atoms with Gasteiger partial charge in [-0.3, -0.25) is 4.79 Å². The predicted octanol–water partition coefficient (Wildman–Crippen LogP) is 15.6. The minimum absolute atomic E-state index is 0.118. The summed E-state index contributed by atoms with van der Waals surface area (Å²) >= 11 is 0. The average Bonchev–Trinajstić information content (AvgIpc) is 3.40. The van der Waals surface area contributed by atoms with Crippen LogP contribution in [0.15, 0.2) is 134 Å². The van der Waals surface area contributed by atoms with E-state index in [0.717, 1.165) is 122 Å². The van der Waals surface area contributed by atoms with E-state index < -0.39 is 43.4 Å². The molecule has 4 N–H and O–H groups in total. The number of hydrogen-bond acceptors (Lipinski definition) is 9. The lowest BCUT2D eigenvalue weighted by Gasteiger charge is -2.39. The summed E-state index contributed by atoms with van der Waals surface area (Å²) in [5.41, 5.74) is 0. The molecule has 0 spiro atoms. The molecule has 0 aromatic heterocycles. The van der Waals surface area contributed by atoms with Crippen molar-refractivity contribution in [3.05, 3.63) is 134 Å². The van der Waals surface area contributed by atoms with E-state index in [0.29, 0.717) is 13.0 Å². The van der Waals surface area contributed by atoms with Gasteiger partial charge in [-0.2, -0.15) is 0 Å². The third kappa shape index (κ3) is 43.6. The Balaban J connectivity index is 2.20. The number of hydrogen-bond donors (Lipinski definition) is 4. The van der Waals surface area contributed by atoms with E-state index in [1.807, 2.05) is 0 Å². The maximum Gasteiger partial charge on any atom is 0.306 e. The molecule has 6 atom stereocenters. The molecule has 0 amide bonds. The summed E-state index contributed by atoms with van der Waals surface area (Å²) < 4.78 is 22.9. The number of unbranched alkanes of at least 4 members (excludes halogenated alkanes) is 16. The molecule has 420 valence electrons. The van der Waals surface area contributed by atoms with Crippen LogP contribution in [0.3, 0.4) is 0 Å². The zero-order chi connectivity index (χ0) is 53.5. The molecule has 0 bridgehead atoms. The van der Waals surface area contributed by atoms with Crippen LogP contribution in [0.25, 0.3) is 0 Å². The highest BCUT2D eigenvalue weighted by atomic mass is 16.7. The van der Waals surface area contributed by atoms with Crippen molar-refractivity contribution in [2.75, 3.05) is 26.4 Å². The van der Waals surface area contributed by atoms with Crippen LogP contribution in [0.2, 0.25) is 0 Å². The number of rotatable bonds is 49. The van der Waals surface area contributed by atoms with Crippen molar-refractivity contribution in [3.8, 4) is 0 Å². The zero-order valence-corrected chi connectivity index (χ0v) is 46.5. The van der Waals surface area contributed by atoms with Gasteiger partial charge in [-0.1, -0.05) is 225 Å². The largest absolute Gasteiger partial charge is 0.457 e. The first-order valence-electron chi connectivity index (χ1n) is 29.3. The molecule has 1 fully saturated rings. The second-order valence-electron chi connectivity index (χ2n) is 19.3. The Morgan fingerprint density at radius 1 is 0.432 bits per heavy atom. The van der Waals surface area contributed by atoms with Crippen molar-refractivity contribution < 1.29 is 44.2 Å². The van der Waals surface area contributed by atoms with Crippen LogP contribution in [-0.4, -0.2) is 89.6 Å². The Morgan fingerprint density at radius 2 is 0.784 bits per heavy atom. The first-order chi connectivity index (χ1) is 36.4. The first-order valence-corrected chi connectivity index (χ1v) is 29.3. The van der Waals surface area contributed by atoms with Crippen molar-refractivity contribution in [2.24, 2.45) is 0 Å². The van der Waals surface area contributed by atoms with E-state index in [9.17, 15) is 25.2 Å². The summed E-state index contributed by atoms with van der Waals surface area (Å²) in [6.07, 6.45) is 73.5. The van der Waals surface area contributed by atoms with Crippen molar-refractivity contribution in [1.29, 1.82) is 0 Å². The summed E-state index contributed by atoms with van der Waals surface area (Å²) in [5.74, 6) is -0.330. The SMILES string of the molecule is CC/C=C\C/C=C\C/C=C\C/C=C\C/C=C\C/C=C\C/C=C\CCCCCCOCC(COC1OC(CO)C(O)C(O)C1O)OC(=O)CCCCCCCCCCCCCC/C=C\C/C=C\C/C=C\C/C=C\CC. The van der Waals surface area contributed by atoms with Gasteiger partial charge >= 0.3 is 5.97 Å². The Bertz CT molecular complexity index is 1600. The predicted molar refractivity (Wildman–Crippen MR) is 311 cm³/mol. The number of allylic oxidation sites excluding steroid dienone is 22. The number of esters is 1. The zero-order valence-electron chi connectivity index (χ0n) is 46.5. The van der Waals surface area contributed by atoms with Gasteiger partial charge in [-0.15, -0.1) is 0 Å². The smallest absolute Gasteiger partial charge is 0.306 e. The lowest BCUT2D eigenvalue weighted by molar-refractivity contribution is -0.305. The van der Waals surface area contributed by atoms with E-state index in [-0.39, 0.29) is 19.2 Å². The van der Waals surface area contributed by atoms with Gasteiger partial charge < -0.3 is 39.4 Å². The molecule has 0 radical (unpaired) electrons. The molecule has 0 aromatic rings. The standard InChI is InChI=1S/C65H106O9/c1-3-5-7-9-11-13-15-17-19-21-23-25-27-29-31-33-35-37-39-41-43-45-47-49-51-53-55-71-57-59(58-72-65-64(70)63(69)62(68)60(56-66)74-65)73-61(67)54-52-50-48-46-44-42-40-38-36-34-32-30-28-26-24-22-20-18-16-14-12-10-8-6-4-2/h5-8,11-14,17-20,23-26,29,31,35,37,41,43,59-60,62-66,68-70H,3-4,9-10,15-16,21-22,27-28,30,32-34,36,38-40,42,44-58H2,1-2H3/b7-5-,8-6-,13-11-,14-12-,19-17-,20-18-,25-23-,26-24-,31-29-,37-35-,43-41-. The maximum absolute atomic E-state index is 12.9. The summed E-state index contributed by atoms with van der Waals surface area (Å²) in [5, 5.41) is 40.4.